The molecule has 290 valence electrons. The maximum absolute atomic E-state index is 13.3. The highest BCUT2D eigenvalue weighted by Gasteiger charge is 2.38. The first-order chi connectivity index (χ1) is 23.4. The van der Waals surface area contributed by atoms with Crippen LogP contribution in [0.3, 0.4) is 0 Å². The molecule has 1 aromatic carbocycles. The number of unbranched alkanes of at least 4 members (excludes halogenated alkanes) is 1. The fourth-order valence-electron chi connectivity index (χ4n) is 4.20. The minimum absolute atomic E-state index is 0.0642. The number of nitrogens with two attached hydrogens (primary N) is 1. The lowest BCUT2D eigenvalue weighted by Gasteiger charge is -2.38. The zero-order valence-electron chi connectivity index (χ0n) is 31.1. The van der Waals surface area contributed by atoms with Gasteiger partial charge in [0.15, 0.2) is 0 Å². The van der Waals surface area contributed by atoms with Gasteiger partial charge in [0.2, 0.25) is 11.8 Å². The molecule has 0 fully saturated rings. The highest BCUT2D eigenvalue weighted by molar-refractivity contribution is 7.46. The third-order valence-corrected chi connectivity index (χ3v) is 7.92. The van der Waals surface area contributed by atoms with Gasteiger partial charge in [-0.05, 0) is 150 Å². The standard InChI is InChI=1S/C33H59N8O9P/c1-30(2,26(43)37-22-12-21-36-19-10-9-18-35-20-11-17-34)39-28(45)32(5,6)41-29(46)33(7,8)40-27(44)31(3,4)38-25(42)23-13-15-24(16-14-23)50-51(47,48)49/h13-16,35-36H,9-12,17-22,34H2,1-8H3,(H,37,43)(H,38,42)(H,39,45)(H,40,44)(H,41,46)(H2,47,48,49)/p-2. The number of phosphoric ester groups is 1. The number of phosphoric acid groups is 1. The molecule has 17 nitrogen and oxygen atoms in total. The van der Waals surface area contributed by atoms with Crippen LogP contribution in [0.4, 0.5) is 0 Å². The van der Waals surface area contributed by atoms with Crippen LogP contribution in [0.15, 0.2) is 34.3 Å². The molecule has 0 aliphatic heterocycles. The molecule has 0 spiro atoms. The van der Waals surface area contributed by atoms with E-state index in [-0.39, 0.29) is 17.9 Å². The number of nitrogens with one attached hydrogen (secondary N) is 5. The minimum atomic E-state index is -4.78. The summed E-state index contributed by atoms with van der Waals surface area (Å²) in [5.74, 6) is -3.63. The predicted molar refractivity (Wildman–Crippen MR) is 192 cm³/mol. The van der Waals surface area contributed by atoms with Crippen LogP contribution in [0.2, 0.25) is 0 Å². The second kappa shape index (κ2) is 19.9. The number of carbonyl (C=O) groups is 3. The molecule has 0 radical (unpaired) electrons. The van der Waals surface area contributed by atoms with Crippen molar-refractivity contribution in [2.75, 3.05) is 39.3 Å². The lowest BCUT2D eigenvalue weighted by Crippen LogP contribution is -2.64. The van der Waals surface area contributed by atoms with Gasteiger partial charge in [0.05, 0.1) is 11.1 Å². The Bertz CT molecular complexity index is 1410. The summed E-state index contributed by atoms with van der Waals surface area (Å²) in [4.78, 5) is 65.2. The van der Waals surface area contributed by atoms with Crippen LogP contribution in [0.5, 0.6) is 5.75 Å². The summed E-state index contributed by atoms with van der Waals surface area (Å²) in [6.07, 6.45) is 3.69. The van der Waals surface area contributed by atoms with Gasteiger partial charge in [-0.1, -0.05) is 0 Å². The fourth-order valence-corrected chi connectivity index (χ4v) is 4.60. The maximum Gasteiger partial charge on any atom is 0.524 e. The van der Waals surface area contributed by atoms with Gasteiger partial charge in [0.25, 0.3) is 5.91 Å². The van der Waals surface area contributed by atoms with Crippen LogP contribution in [0.1, 0.15) is 91.4 Å². The Hall–Kier alpha value is -3.60. The van der Waals surface area contributed by atoms with E-state index < -0.39 is 59.5 Å². The van der Waals surface area contributed by atoms with E-state index in [1.807, 2.05) is 0 Å². The molecule has 0 saturated carbocycles. The van der Waals surface area contributed by atoms with E-state index in [0.29, 0.717) is 19.5 Å². The van der Waals surface area contributed by atoms with Crippen LogP contribution < -0.4 is 47.1 Å². The lowest BCUT2D eigenvalue weighted by atomic mass is 9.96. The van der Waals surface area contributed by atoms with Gasteiger partial charge in [0.1, 0.15) is 16.8 Å². The third-order valence-electron chi connectivity index (χ3n) is 7.47. The number of hydrogen-bond acceptors (Lipinski definition) is 12. The summed E-state index contributed by atoms with van der Waals surface area (Å²) in [6, 6.07) is 4.85. The number of amides is 3. The molecule has 0 unspecified atom stereocenters. The number of carbonyl (C=O) groups excluding carboxylic acids is 3. The number of nitrogens with zero attached hydrogens (tertiary/aromatic N) is 2. The van der Waals surface area contributed by atoms with Gasteiger partial charge < -0.3 is 52.0 Å². The minimum Gasteiger partial charge on any atom is -0.860 e. The lowest BCUT2D eigenvalue weighted by molar-refractivity contribution is -0.226. The van der Waals surface area contributed by atoms with E-state index in [4.69, 9.17) is 15.5 Å². The number of benzene rings is 1. The van der Waals surface area contributed by atoms with Crippen LogP contribution >= 0.6 is 7.82 Å². The molecule has 18 heteroatoms. The maximum atomic E-state index is 13.3. The summed E-state index contributed by atoms with van der Waals surface area (Å²) in [6.45, 7) is 15.8. The summed E-state index contributed by atoms with van der Waals surface area (Å²) in [5, 5.41) is 40.4. The normalized spacial score (nSPS) is 13.5. The van der Waals surface area contributed by atoms with E-state index in [0.717, 1.165) is 38.9 Å². The SMILES string of the molecule is CC(C)(N=C([O-])C(C)(C)NC(=O)c1ccc(OP(=O)(O)O)cc1)C(=O)NC(C)(C)C(=O)NC(C)(C)C([O-])=NCCCNCCCCNCCCN. The smallest absolute Gasteiger partial charge is 0.524 e. The Morgan fingerprint density at radius 1 is 0.745 bits per heavy atom. The van der Waals surface area contributed by atoms with E-state index in [1.165, 1.54) is 79.7 Å². The van der Waals surface area contributed by atoms with Crippen molar-refractivity contribution in [1.82, 2.24) is 26.6 Å². The van der Waals surface area contributed by atoms with Gasteiger partial charge in [-0.2, -0.15) is 0 Å². The average molecular weight is 741 g/mol. The molecule has 0 aliphatic carbocycles. The Labute approximate surface area is 300 Å². The zero-order valence-corrected chi connectivity index (χ0v) is 31.9. The molecule has 1 aromatic rings. The molecule has 0 aromatic heterocycles. The average Bonchev–Trinajstić information content (AvgIpc) is 3.00. The third kappa shape index (κ3) is 17.0. The van der Waals surface area contributed by atoms with Crippen molar-refractivity contribution < 1.29 is 43.5 Å². The van der Waals surface area contributed by atoms with Crippen molar-refractivity contribution in [1.29, 1.82) is 0 Å². The zero-order chi connectivity index (χ0) is 39.1. The van der Waals surface area contributed by atoms with Gasteiger partial charge in [-0.25, -0.2) is 4.57 Å². The highest BCUT2D eigenvalue weighted by atomic mass is 31.2. The largest absolute Gasteiger partial charge is 0.860 e. The number of rotatable bonds is 23. The van der Waals surface area contributed by atoms with Crippen LogP contribution in [-0.4, -0.2) is 101 Å². The Morgan fingerprint density at radius 3 is 1.76 bits per heavy atom. The van der Waals surface area contributed by atoms with Gasteiger partial charge in [-0.3, -0.25) is 29.2 Å². The highest BCUT2D eigenvalue weighted by Crippen LogP contribution is 2.37. The molecular formula is C33H57N8O9P-2. The molecule has 3 amide bonds. The van der Waals surface area contributed by atoms with Gasteiger partial charge >= 0.3 is 7.82 Å². The topological polar surface area (TPSA) is 275 Å². The molecule has 0 aliphatic rings. The van der Waals surface area contributed by atoms with Crippen molar-refractivity contribution in [3.63, 3.8) is 0 Å². The second-order valence-electron chi connectivity index (χ2n) is 14.2. The van der Waals surface area contributed by atoms with Gasteiger partial charge in [-0.15, -0.1) is 0 Å². The first kappa shape index (κ1) is 45.4. The fraction of sp³-hybridized carbons (Fsp3) is 0.667. The van der Waals surface area contributed by atoms with Crippen molar-refractivity contribution >= 4 is 37.3 Å². The summed E-state index contributed by atoms with van der Waals surface area (Å²) in [5.41, 5.74) is -0.587. The van der Waals surface area contributed by atoms with E-state index in [9.17, 15) is 29.2 Å². The molecule has 0 bridgehead atoms. The van der Waals surface area contributed by atoms with Gasteiger partial charge in [0, 0.05) is 12.1 Å². The Balaban J connectivity index is 2.72. The van der Waals surface area contributed by atoms with Crippen molar-refractivity contribution in [3.05, 3.63) is 29.8 Å². The van der Waals surface area contributed by atoms with Crippen LogP contribution in [0, 0.1) is 0 Å². The predicted octanol–water partition coefficient (Wildman–Crippen LogP) is -0.549. The van der Waals surface area contributed by atoms with Crippen molar-refractivity contribution in [2.24, 2.45) is 15.7 Å². The molecule has 1 rings (SSSR count). The van der Waals surface area contributed by atoms with Crippen molar-refractivity contribution in [2.45, 2.75) is 103 Å². The van der Waals surface area contributed by atoms with Crippen LogP contribution in [-0.2, 0) is 14.2 Å². The summed E-state index contributed by atoms with van der Waals surface area (Å²) in [7, 11) is -4.78. The summed E-state index contributed by atoms with van der Waals surface area (Å²) >= 11 is 0. The molecule has 51 heavy (non-hydrogen) atoms. The number of aliphatic imine (C=N–C) groups is 2. The molecule has 0 saturated heterocycles. The van der Waals surface area contributed by atoms with E-state index >= 15 is 0 Å². The first-order valence-electron chi connectivity index (χ1n) is 16.9. The molecule has 0 heterocycles. The first-order valence-corrected chi connectivity index (χ1v) is 18.4. The van der Waals surface area contributed by atoms with E-state index in [1.54, 1.807) is 0 Å². The molecular weight excluding hydrogens is 683 g/mol. The second-order valence-corrected chi connectivity index (χ2v) is 15.4. The molecule has 9 N–H and O–H groups in total. The molecule has 0 atom stereocenters. The van der Waals surface area contributed by atoms with Crippen LogP contribution in [0.25, 0.3) is 0 Å². The summed E-state index contributed by atoms with van der Waals surface area (Å²) < 4.78 is 15.5. The quantitative estimate of drug-likeness (QED) is 0.0304. The van der Waals surface area contributed by atoms with E-state index in [2.05, 4.69) is 41.1 Å². The monoisotopic (exact) mass is 740 g/mol. The van der Waals surface area contributed by atoms with Crippen molar-refractivity contribution in [3.8, 4) is 5.75 Å². The number of hydrogen-bond donors (Lipinski definition) is 8. The Kier molecular flexibility index (Phi) is 17.7. The Morgan fingerprint density at radius 2 is 1.24 bits per heavy atom.